The summed E-state index contributed by atoms with van der Waals surface area (Å²) in [5.41, 5.74) is 10.7. The molecule has 0 spiro atoms. The Balaban J connectivity index is 1.22. The zero-order valence-corrected chi connectivity index (χ0v) is 25.8. The summed E-state index contributed by atoms with van der Waals surface area (Å²) < 4.78 is 12.9. The van der Waals surface area contributed by atoms with Gasteiger partial charge in [0.1, 0.15) is 22.3 Å². The van der Waals surface area contributed by atoms with Crippen LogP contribution in [0.5, 0.6) is 0 Å². The smallest absolute Gasteiger partial charge is 0.143 e. The van der Waals surface area contributed by atoms with Gasteiger partial charge in [-0.3, -0.25) is 0 Å². The van der Waals surface area contributed by atoms with Crippen molar-refractivity contribution in [1.29, 1.82) is 0 Å². The average Bonchev–Trinajstić information content (AvgIpc) is 3.70. The van der Waals surface area contributed by atoms with Crippen LogP contribution < -0.4 is 0 Å². The molecule has 0 saturated carbocycles. The topological polar surface area (TPSA) is 26.3 Å². The lowest BCUT2D eigenvalue weighted by atomic mass is 9.84. The van der Waals surface area contributed by atoms with Gasteiger partial charge < -0.3 is 8.83 Å². The maximum atomic E-state index is 6.73. The second kappa shape index (κ2) is 9.57. The number of para-hydroxylation sites is 2. The minimum Gasteiger partial charge on any atom is -0.456 e. The van der Waals surface area contributed by atoms with Gasteiger partial charge in [-0.1, -0.05) is 133 Å². The molecule has 2 nitrogen and oxygen atoms in total. The molecular weight excluding hydrogens is 585 g/mol. The molecule has 11 rings (SSSR count). The van der Waals surface area contributed by atoms with E-state index in [2.05, 4.69) is 146 Å². The predicted octanol–water partition coefficient (Wildman–Crippen LogP) is 13.4. The van der Waals surface area contributed by atoms with Gasteiger partial charge >= 0.3 is 0 Å². The summed E-state index contributed by atoms with van der Waals surface area (Å²) in [5, 5.41) is 12.0. The van der Waals surface area contributed by atoms with Crippen molar-refractivity contribution in [2.24, 2.45) is 0 Å². The van der Waals surface area contributed by atoms with E-state index in [-0.39, 0.29) is 0 Å². The second-order valence-electron chi connectivity index (χ2n) is 12.8. The van der Waals surface area contributed by atoms with E-state index in [1.165, 1.54) is 60.1 Å². The third kappa shape index (κ3) is 3.52. The molecule has 0 atom stereocenters. The Kier molecular flexibility index (Phi) is 5.14. The van der Waals surface area contributed by atoms with Gasteiger partial charge in [-0.05, 0) is 78.3 Å². The van der Waals surface area contributed by atoms with E-state index in [1.54, 1.807) is 0 Å². The first kappa shape index (κ1) is 25.8. The van der Waals surface area contributed by atoms with Crippen molar-refractivity contribution in [3.8, 4) is 33.4 Å². The third-order valence-corrected chi connectivity index (χ3v) is 10.2. The summed E-state index contributed by atoms with van der Waals surface area (Å²) in [6.45, 7) is 0. The van der Waals surface area contributed by atoms with Crippen molar-refractivity contribution < 1.29 is 8.83 Å². The lowest BCUT2D eigenvalue weighted by Crippen LogP contribution is -1.92. The molecule has 0 aliphatic heterocycles. The van der Waals surface area contributed by atoms with Gasteiger partial charge in [-0.2, -0.15) is 0 Å². The van der Waals surface area contributed by atoms with Crippen LogP contribution in [-0.2, 0) is 0 Å². The number of furan rings is 2. The summed E-state index contributed by atoms with van der Waals surface area (Å²) in [7, 11) is 0. The summed E-state index contributed by atoms with van der Waals surface area (Å²) >= 11 is 0. The lowest BCUT2D eigenvalue weighted by molar-refractivity contribution is 0.656. The molecule has 222 valence electrons. The first-order chi connectivity index (χ1) is 23.8. The molecule has 0 amide bonds. The van der Waals surface area contributed by atoms with Crippen LogP contribution in [-0.4, -0.2) is 0 Å². The van der Waals surface area contributed by atoms with Crippen LogP contribution in [0.1, 0.15) is 0 Å². The highest BCUT2D eigenvalue weighted by Crippen LogP contribution is 2.47. The molecule has 0 unspecified atom stereocenters. The summed E-state index contributed by atoms with van der Waals surface area (Å²) in [5.74, 6) is 0. The highest BCUT2D eigenvalue weighted by molar-refractivity contribution is 6.30. The maximum Gasteiger partial charge on any atom is 0.143 e. The molecule has 0 aliphatic carbocycles. The Morgan fingerprint density at radius 1 is 0.292 bits per heavy atom. The number of benzene rings is 9. The van der Waals surface area contributed by atoms with Gasteiger partial charge in [-0.15, -0.1) is 0 Å². The van der Waals surface area contributed by atoms with Crippen molar-refractivity contribution >= 4 is 76.2 Å². The molecule has 11 aromatic rings. The molecule has 0 bridgehead atoms. The van der Waals surface area contributed by atoms with Gasteiger partial charge in [0.05, 0.1) is 0 Å². The minimum atomic E-state index is 0.835. The van der Waals surface area contributed by atoms with Gasteiger partial charge in [0, 0.05) is 33.2 Å². The Hall–Kier alpha value is -6.38. The second-order valence-corrected chi connectivity index (χ2v) is 12.8. The summed E-state index contributed by atoms with van der Waals surface area (Å²) in [4.78, 5) is 0. The molecule has 0 aliphatic rings. The van der Waals surface area contributed by atoms with Crippen LogP contribution in [0.4, 0.5) is 0 Å². The molecule has 48 heavy (non-hydrogen) atoms. The quantitative estimate of drug-likeness (QED) is 0.186. The zero-order chi connectivity index (χ0) is 31.3. The normalized spacial score (nSPS) is 12.2. The number of hydrogen-bond donors (Lipinski definition) is 0. The third-order valence-electron chi connectivity index (χ3n) is 10.2. The van der Waals surface area contributed by atoms with Crippen LogP contribution in [0.3, 0.4) is 0 Å². The molecule has 2 aromatic heterocycles. The summed E-state index contributed by atoms with van der Waals surface area (Å²) in [6.07, 6.45) is 0. The van der Waals surface area contributed by atoms with E-state index in [9.17, 15) is 0 Å². The van der Waals surface area contributed by atoms with Gasteiger partial charge in [0.2, 0.25) is 0 Å². The highest BCUT2D eigenvalue weighted by atomic mass is 16.3. The first-order valence-corrected chi connectivity index (χ1v) is 16.4. The van der Waals surface area contributed by atoms with Crippen LogP contribution in [0.15, 0.2) is 167 Å². The Morgan fingerprint density at radius 3 is 1.67 bits per heavy atom. The van der Waals surface area contributed by atoms with Crippen molar-refractivity contribution in [2.45, 2.75) is 0 Å². The molecule has 0 radical (unpaired) electrons. The van der Waals surface area contributed by atoms with E-state index in [1.807, 2.05) is 12.1 Å². The van der Waals surface area contributed by atoms with E-state index < -0.39 is 0 Å². The molecular formula is C46H26O2. The first-order valence-electron chi connectivity index (χ1n) is 16.4. The van der Waals surface area contributed by atoms with Crippen LogP contribution >= 0.6 is 0 Å². The van der Waals surface area contributed by atoms with Gasteiger partial charge in [0.15, 0.2) is 0 Å². The summed E-state index contributed by atoms with van der Waals surface area (Å²) in [6, 6.07) is 56.7. The molecule has 2 heterocycles. The molecule has 0 saturated heterocycles. The van der Waals surface area contributed by atoms with Gasteiger partial charge in [-0.25, -0.2) is 0 Å². The Morgan fingerprint density at radius 2 is 0.896 bits per heavy atom. The fourth-order valence-corrected chi connectivity index (χ4v) is 8.07. The number of hydrogen-bond acceptors (Lipinski definition) is 2. The SMILES string of the molecule is c1ccc(-c2cc(-c3ccccc3)c3ccc4c(-c5cccc6c5oc5cc7oc8ccccc8c7cc56)ccc5ccc2c3c54)cc1. The zero-order valence-electron chi connectivity index (χ0n) is 25.8. The van der Waals surface area contributed by atoms with Crippen LogP contribution in [0.2, 0.25) is 0 Å². The van der Waals surface area contributed by atoms with E-state index in [0.29, 0.717) is 0 Å². The number of rotatable bonds is 3. The van der Waals surface area contributed by atoms with E-state index >= 15 is 0 Å². The van der Waals surface area contributed by atoms with Crippen molar-refractivity contribution in [3.63, 3.8) is 0 Å². The fourth-order valence-electron chi connectivity index (χ4n) is 8.07. The largest absolute Gasteiger partial charge is 0.456 e. The Labute approximate surface area is 275 Å². The van der Waals surface area contributed by atoms with Gasteiger partial charge in [0.25, 0.3) is 0 Å². The standard InChI is InChI=1S/C46H26O2/c1-3-10-27(11-4-1)37-24-38(28-12-5-2-6-13-28)34-23-22-32-30(20-18-29-19-21-33(37)45(34)44(29)32)35-15-9-16-36-40-25-39-31-14-7-8-17-41(31)47-42(39)26-43(40)48-46(35)36/h1-26H. The van der Waals surface area contributed by atoms with E-state index in [4.69, 9.17) is 8.83 Å². The number of fused-ring (bicyclic) bond motifs is 6. The minimum absolute atomic E-state index is 0.835. The van der Waals surface area contributed by atoms with Crippen molar-refractivity contribution in [3.05, 3.63) is 158 Å². The molecule has 0 fully saturated rings. The Bertz CT molecular complexity index is 2980. The van der Waals surface area contributed by atoms with Crippen molar-refractivity contribution in [2.75, 3.05) is 0 Å². The van der Waals surface area contributed by atoms with Crippen molar-refractivity contribution in [1.82, 2.24) is 0 Å². The molecule has 9 aromatic carbocycles. The molecule has 0 N–H and O–H groups in total. The lowest BCUT2D eigenvalue weighted by Gasteiger charge is -2.19. The van der Waals surface area contributed by atoms with E-state index in [0.717, 1.165) is 49.4 Å². The fraction of sp³-hybridized carbons (Fsp3) is 0. The molecule has 2 heteroatoms. The van der Waals surface area contributed by atoms with Crippen LogP contribution in [0, 0.1) is 0 Å². The average molecular weight is 611 g/mol. The maximum absolute atomic E-state index is 6.73. The monoisotopic (exact) mass is 610 g/mol. The van der Waals surface area contributed by atoms with Crippen LogP contribution in [0.25, 0.3) is 110 Å². The predicted molar refractivity (Wildman–Crippen MR) is 201 cm³/mol. The highest BCUT2D eigenvalue weighted by Gasteiger charge is 2.21.